The van der Waals surface area contributed by atoms with Crippen molar-refractivity contribution in [1.29, 1.82) is 0 Å². The van der Waals surface area contributed by atoms with Crippen LogP contribution in [-0.2, 0) is 6.16 Å². The Balaban J connectivity index is 0.00000158. The highest BCUT2D eigenvalue weighted by Gasteiger charge is 1.92. The molecule has 3 heteroatoms. The third-order valence-corrected chi connectivity index (χ3v) is 4.38. The Morgan fingerprint density at radius 3 is 1.18 bits per heavy atom. The maximum absolute atomic E-state index is 4.59. The molecule has 0 N–H and O–H groups in total. The van der Waals surface area contributed by atoms with Crippen LogP contribution in [-0.4, -0.2) is 5.16 Å². The number of isothiocyanates is 1. The summed E-state index contributed by atoms with van der Waals surface area (Å²) in [4.78, 5) is 3.93. The number of benzene rings is 3. The van der Waals surface area contributed by atoms with Crippen LogP contribution < -0.4 is 0 Å². The molecule has 3 aromatic carbocycles. The Morgan fingerprint density at radius 1 is 0.576 bits per heavy atom. The molecule has 0 aliphatic heterocycles. The molecule has 3 aromatic rings. The maximum atomic E-state index is 4.59. The number of rotatable bonds is 2. The molecule has 0 fully saturated rings. The number of hydrogen-bond donors (Lipinski definition) is 0. The first-order valence-electron chi connectivity index (χ1n) is 11.4. The van der Waals surface area contributed by atoms with Gasteiger partial charge in [0.15, 0.2) is 0 Å². The van der Waals surface area contributed by atoms with Gasteiger partial charge in [0.2, 0.25) is 0 Å². The van der Waals surface area contributed by atoms with Gasteiger partial charge in [-0.1, -0.05) is 77.4 Å². The lowest BCUT2D eigenvalue weighted by Crippen LogP contribution is -1.80. The van der Waals surface area contributed by atoms with Gasteiger partial charge in [0.1, 0.15) is 0 Å². The summed E-state index contributed by atoms with van der Waals surface area (Å²) in [6, 6.07) is 23.8. The van der Waals surface area contributed by atoms with E-state index in [-0.39, 0.29) is 0 Å². The van der Waals surface area contributed by atoms with Gasteiger partial charge in [0.25, 0.3) is 0 Å². The predicted molar refractivity (Wildman–Crippen MR) is 153 cm³/mol. The minimum atomic E-state index is 0.779. The van der Waals surface area contributed by atoms with Crippen LogP contribution in [0.25, 0.3) is 0 Å². The molecule has 3 rings (SSSR count). The number of aliphatic imine (C=N–C) groups is 1. The lowest BCUT2D eigenvalue weighted by molar-refractivity contribution is 1.41. The first-order valence-corrected chi connectivity index (χ1v) is 12.6. The zero-order valence-electron chi connectivity index (χ0n) is 20.6. The van der Waals surface area contributed by atoms with Crippen LogP contribution in [0.2, 0.25) is 0 Å². The Bertz CT molecular complexity index is 1080. The summed E-state index contributed by atoms with van der Waals surface area (Å²) in [5.74, 6) is 12.7. The zero-order chi connectivity index (χ0) is 24.9. The van der Waals surface area contributed by atoms with Crippen LogP contribution in [0.3, 0.4) is 0 Å². The molecule has 0 saturated heterocycles. The zero-order valence-corrected chi connectivity index (χ0v) is 22.5. The van der Waals surface area contributed by atoms with E-state index in [1.165, 1.54) is 5.56 Å². The van der Waals surface area contributed by atoms with E-state index in [1.54, 1.807) is 0 Å². The van der Waals surface area contributed by atoms with Crippen molar-refractivity contribution in [2.75, 3.05) is 0 Å². The van der Waals surface area contributed by atoms with Crippen molar-refractivity contribution in [2.24, 2.45) is 4.99 Å². The molecule has 170 valence electrons. The third kappa shape index (κ3) is 12.0. The number of thiocarbonyl (C=S) groups is 1. The summed E-state index contributed by atoms with van der Waals surface area (Å²) in [7, 11) is 2.72. The quantitative estimate of drug-likeness (QED) is 0.158. The summed E-state index contributed by atoms with van der Waals surface area (Å²) >= 11 is 4.59. The molecule has 1 nitrogen and oxygen atoms in total. The molecular weight excluding hydrogens is 437 g/mol. The topological polar surface area (TPSA) is 12.4 Å². The first-order chi connectivity index (χ1) is 16.3. The van der Waals surface area contributed by atoms with E-state index in [2.05, 4.69) is 79.6 Å². The molecule has 0 bridgehead atoms. The first kappa shape index (κ1) is 30.0. The van der Waals surface area contributed by atoms with E-state index >= 15 is 0 Å². The minimum Gasteiger partial charge on any atom is -0.195 e. The second kappa shape index (κ2) is 19.7. The second-order valence-corrected chi connectivity index (χ2v) is 6.32. The molecule has 1 atom stereocenters. The van der Waals surface area contributed by atoms with Crippen LogP contribution in [0.15, 0.2) is 77.8 Å². The maximum Gasteiger partial charge on any atom is 0.0740 e. The summed E-state index contributed by atoms with van der Waals surface area (Å²) < 4.78 is 0. The third-order valence-electron chi connectivity index (χ3n) is 3.82. The van der Waals surface area contributed by atoms with Gasteiger partial charge in [-0.05, 0) is 84.6 Å². The van der Waals surface area contributed by atoms with Crippen molar-refractivity contribution >= 4 is 32.3 Å². The largest absolute Gasteiger partial charge is 0.195 e. The standard InChI is InChI=1S/C24H16NPS.3C2H6/c26-17-23-11-9-21(10-12-23)6-5-19-1-3-20(4-2-19)7-8-22-13-15-24(16-14-22)25-18-27;3*1-2/h1-4,9-16H,17,26H2;3*1-2H3. The molecule has 0 heterocycles. The summed E-state index contributed by atoms with van der Waals surface area (Å²) in [6.45, 7) is 12.0. The molecule has 0 saturated carbocycles. The van der Waals surface area contributed by atoms with Gasteiger partial charge in [-0.25, -0.2) is 0 Å². The monoisotopic (exact) mass is 471 g/mol. The number of nitrogens with zero attached hydrogens (tertiary/aromatic N) is 1. The lowest BCUT2D eigenvalue weighted by Gasteiger charge is -1.95. The van der Waals surface area contributed by atoms with E-state index in [1.807, 2.05) is 90.1 Å². The van der Waals surface area contributed by atoms with E-state index in [4.69, 9.17) is 0 Å². The highest BCUT2D eigenvalue weighted by Crippen LogP contribution is 2.12. The highest BCUT2D eigenvalue weighted by molar-refractivity contribution is 7.78. The molecular formula is C30H34NPS. The van der Waals surface area contributed by atoms with Gasteiger partial charge < -0.3 is 0 Å². The van der Waals surface area contributed by atoms with Crippen LogP contribution in [0.4, 0.5) is 5.69 Å². The van der Waals surface area contributed by atoms with Crippen molar-refractivity contribution < 1.29 is 0 Å². The average Bonchev–Trinajstić information content (AvgIpc) is 2.91. The van der Waals surface area contributed by atoms with Gasteiger partial charge in [-0.2, -0.15) is 4.99 Å². The van der Waals surface area contributed by atoms with Crippen LogP contribution in [0.1, 0.15) is 69.4 Å². The van der Waals surface area contributed by atoms with Crippen molar-refractivity contribution in [2.45, 2.75) is 47.7 Å². The fraction of sp³-hybridized carbons (Fsp3) is 0.233. The smallest absolute Gasteiger partial charge is 0.0740 e. The van der Waals surface area contributed by atoms with Crippen LogP contribution in [0, 0.1) is 23.7 Å². The van der Waals surface area contributed by atoms with E-state index in [0.29, 0.717) is 0 Å². The fourth-order valence-electron chi connectivity index (χ4n) is 2.32. The van der Waals surface area contributed by atoms with E-state index < -0.39 is 0 Å². The molecule has 0 radical (unpaired) electrons. The van der Waals surface area contributed by atoms with E-state index in [0.717, 1.165) is 34.1 Å². The molecule has 0 aliphatic carbocycles. The van der Waals surface area contributed by atoms with Crippen molar-refractivity contribution in [3.8, 4) is 23.7 Å². The fourth-order valence-corrected chi connectivity index (χ4v) is 2.70. The predicted octanol–water partition coefficient (Wildman–Crippen LogP) is 8.67. The second-order valence-electron chi connectivity index (χ2n) is 5.73. The van der Waals surface area contributed by atoms with Crippen LogP contribution >= 0.6 is 21.5 Å². The normalized spacial score (nSPS) is 8.09. The highest BCUT2D eigenvalue weighted by atomic mass is 32.1. The Labute approximate surface area is 209 Å². The summed E-state index contributed by atoms with van der Waals surface area (Å²) in [5.41, 5.74) is 5.93. The van der Waals surface area contributed by atoms with Crippen molar-refractivity contribution in [1.82, 2.24) is 0 Å². The molecule has 1 unspecified atom stereocenters. The van der Waals surface area contributed by atoms with Gasteiger partial charge in [-0.15, -0.1) is 9.24 Å². The molecule has 0 aliphatic rings. The minimum absolute atomic E-state index is 0.779. The lowest BCUT2D eigenvalue weighted by atomic mass is 10.1. The summed E-state index contributed by atoms with van der Waals surface area (Å²) in [6.07, 6.45) is 0.960. The number of hydrogen-bond acceptors (Lipinski definition) is 2. The van der Waals surface area contributed by atoms with Crippen molar-refractivity contribution in [3.05, 3.63) is 101 Å². The Kier molecular flexibility index (Phi) is 17.9. The molecule has 0 aromatic heterocycles. The molecule has 33 heavy (non-hydrogen) atoms. The average molecular weight is 472 g/mol. The van der Waals surface area contributed by atoms with Gasteiger partial charge in [0, 0.05) is 22.3 Å². The molecule has 0 amide bonds. The van der Waals surface area contributed by atoms with Crippen LogP contribution in [0.5, 0.6) is 0 Å². The van der Waals surface area contributed by atoms with Crippen molar-refractivity contribution in [3.63, 3.8) is 0 Å². The Hall–Kier alpha value is -2.99. The summed E-state index contributed by atoms with van der Waals surface area (Å²) in [5, 5.41) is 2.35. The van der Waals surface area contributed by atoms with Gasteiger partial charge >= 0.3 is 0 Å². The Morgan fingerprint density at radius 2 is 0.879 bits per heavy atom. The van der Waals surface area contributed by atoms with Gasteiger partial charge in [-0.3, -0.25) is 0 Å². The van der Waals surface area contributed by atoms with E-state index in [9.17, 15) is 0 Å². The molecule has 0 spiro atoms. The SMILES string of the molecule is CC.CC.CC.PCc1ccc(C#Cc2ccc(C#Cc3ccc(N=C=S)cc3)cc2)cc1. The van der Waals surface area contributed by atoms with Gasteiger partial charge in [0.05, 0.1) is 10.8 Å².